The van der Waals surface area contributed by atoms with Crippen LogP contribution in [-0.4, -0.2) is 43.3 Å². The van der Waals surface area contributed by atoms with Crippen molar-refractivity contribution in [3.8, 4) is 0 Å². The van der Waals surface area contributed by atoms with Gasteiger partial charge in [0.1, 0.15) is 0 Å². The fraction of sp³-hybridized carbons (Fsp3) is 0.304. The van der Waals surface area contributed by atoms with E-state index in [1.54, 1.807) is 45.2 Å². The number of benzene rings is 2. The smallest absolute Gasteiger partial charge is 0.337 e. The van der Waals surface area contributed by atoms with Gasteiger partial charge >= 0.3 is 5.97 Å². The number of hydrogen-bond acceptors (Lipinski definition) is 6. The number of ether oxygens (including phenoxy) is 2. The molecule has 0 aliphatic carbocycles. The lowest BCUT2D eigenvalue weighted by Gasteiger charge is -2.42. The number of carbonyl (C=O) groups excluding carboxylic acids is 2. The summed E-state index contributed by atoms with van der Waals surface area (Å²) in [6.07, 6.45) is -0.600. The molecule has 2 atom stereocenters. The third-order valence-electron chi connectivity index (χ3n) is 4.98. The first-order valence-electron chi connectivity index (χ1n) is 9.73. The molecule has 0 spiro atoms. The van der Waals surface area contributed by atoms with Crippen molar-refractivity contribution in [1.29, 1.82) is 0 Å². The van der Waals surface area contributed by atoms with Crippen molar-refractivity contribution < 1.29 is 19.1 Å². The number of halogens is 1. The Hall–Kier alpha value is -2.67. The average Bonchev–Trinajstić information content (AvgIpc) is 2.75. The number of hydrogen-bond donors (Lipinski definition) is 1. The molecule has 6 nitrogen and oxygen atoms in total. The van der Waals surface area contributed by atoms with Crippen molar-refractivity contribution in [2.24, 2.45) is 0 Å². The number of nitrogens with one attached hydrogen (secondary N) is 1. The van der Waals surface area contributed by atoms with Gasteiger partial charge in [-0.2, -0.15) is 0 Å². The van der Waals surface area contributed by atoms with Crippen LogP contribution < -0.4 is 5.32 Å². The van der Waals surface area contributed by atoms with Crippen molar-refractivity contribution in [2.45, 2.75) is 26.2 Å². The van der Waals surface area contributed by atoms with Crippen LogP contribution in [0, 0.1) is 0 Å². The van der Waals surface area contributed by atoms with Gasteiger partial charge in [-0.15, -0.1) is 0 Å². The summed E-state index contributed by atoms with van der Waals surface area (Å²) in [5.74, 6) is -0.518. The standard InChI is InChI=1S/C23H25ClN2O4/c1-4-30-22(28)20-15(2)25-23(29-3)26(14-19(27)16-8-6-5-7-9-16)21(20)17-10-12-18(24)13-11-17/h5-13,21,23,25H,4,14H2,1-3H3. The van der Waals surface area contributed by atoms with Gasteiger partial charge in [-0.1, -0.05) is 54.1 Å². The van der Waals surface area contributed by atoms with Gasteiger partial charge in [0, 0.05) is 23.4 Å². The molecule has 1 heterocycles. The van der Waals surface area contributed by atoms with Crippen LogP contribution in [0.3, 0.4) is 0 Å². The first-order chi connectivity index (χ1) is 14.5. The highest BCUT2D eigenvalue weighted by molar-refractivity contribution is 6.30. The van der Waals surface area contributed by atoms with Crippen molar-refractivity contribution >= 4 is 23.4 Å². The lowest BCUT2D eigenvalue weighted by atomic mass is 9.93. The SMILES string of the molecule is CCOC(=O)C1=C(C)NC(OC)N(CC(=O)c2ccccc2)C1c1ccc(Cl)cc1. The molecule has 2 aromatic rings. The molecule has 2 unspecified atom stereocenters. The number of allylic oxidation sites excluding steroid dienone is 1. The highest BCUT2D eigenvalue weighted by atomic mass is 35.5. The number of Topliss-reactive ketones (excluding diaryl/α,β-unsaturated/α-hetero) is 1. The second kappa shape index (κ2) is 9.89. The van der Waals surface area contributed by atoms with Gasteiger partial charge in [-0.25, -0.2) is 9.69 Å². The van der Waals surface area contributed by atoms with Crippen LogP contribution in [0.15, 0.2) is 65.9 Å². The minimum Gasteiger partial charge on any atom is -0.463 e. The summed E-state index contributed by atoms with van der Waals surface area (Å²) in [5.41, 5.74) is 2.48. The second-order valence-corrected chi connectivity index (χ2v) is 7.34. The van der Waals surface area contributed by atoms with Gasteiger partial charge in [0.2, 0.25) is 0 Å². The highest BCUT2D eigenvalue weighted by Gasteiger charge is 2.40. The molecule has 2 aromatic carbocycles. The topological polar surface area (TPSA) is 67.9 Å². The van der Waals surface area contributed by atoms with E-state index in [1.165, 1.54) is 0 Å². The van der Waals surface area contributed by atoms with Crippen molar-refractivity contribution in [3.05, 3.63) is 82.0 Å². The van der Waals surface area contributed by atoms with E-state index in [4.69, 9.17) is 21.1 Å². The second-order valence-electron chi connectivity index (χ2n) is 6.91. The predicted molar refractivity (Wildman–Crippen MR) is 115 cm³/mol. The summed E-state index contributed by atoms with van der Waals surface area (Å²) in [6, 6.07) is 15.7. The molecule has 0 saturated heterocycles. The van der Waals surface area contributed by atoms with Crippen LogP contribution in [0.5, 0.6) is 0 Å². The number of ketones is 1. The van der Waals surface area contributed by atoms with Crippen LogP contribution in [0.2, 0.25) is 5.02 Å². The van der Waals surface area contributed by atoms with Crippen molar-refractivity contribution in [2.75, 3.05) is 20.3 Å². The van der Waals surface area contributed by atoms with Crippen LogP contribution in [-0.2, 0) is 14.3 Å². The van der Waals surface area contributed by atoms with Gasteiger partial charge in [-0.3, -0.25) is 4.79 Å². The molecule has 1 aliphatic heterocycles. The van der Waals surface area contributed by atoms with Crippen LogP contribution >= 0.6 is 11.6 Å². The molecule has 0 fully saturated rings. The zero-order valence-electron chi connectivity index (χ0n) is 17.2. The van der Waals surface area contributed by atoms with Crippen LogP contribution in [0.25, 0.3) is 0 Å². The molecule has 0 bridgehead atoms. The van der Waals surface area contributed by atoms with Gasteiger partial charge < -0.3 is 14.8 Å². The van der Waals surface area contributed by atoms with Crippen LogP contribution in [0.4, 0.5) is 0 Å². The van der Waals surface area contributed by atoms with Gasteiger partial charge in [-0.05, 0) is 31.5 Å². The summed E-state index contributed by atoms with van der Waals surface area (Å²) in [5, 5.41) is 3.76. The molecule has 7 heteroatoms. The third kappa shape index (κ3) is 4.73. The summed E-state index contributed by atoms with van der Waals surface area (Å²) in [6.45, 7) is 3.85. The first kappa shape index (κ1) is 22.0. The molecule has 0 aromatic heterocycles. The molecule has 0 saturated carbocycles. The maximum absolute atomic E-state index is 13.0. The molecular formula is C23H25ClN2O4. The number of nitrogens with zero attached hydrogens (tertiary/aromatic N) is 1. The normalized spacial score (nSPS) is 19.3. The Morgan fingerprint density at radius 1 is 1.10 bits per heavy atom. The van der Waals surface area contributed by atoms with Crippen LogP contribution in [0.1, 0.15) is 35.8 Å². The number of rotatable bonds is 7. The molecule has 30 heavy (non-hydrogen) atoms. The van der Waals surface area contributed by atoms with Gasteiger partial charge in [0.25, 0.3) is 0 Å². The predicted octanol–water partition coefficient (Wildman–Crippen LogP) is 3.94. The molecule has 1 N–H and O–H groups in total. The first-order valence-corrected chi connectivity index (χ1v) is 10.1. The molecule has 158 valence electrons. The van der Waals surface area contributed by atoms with E-state index in [0.717, 1.165) is 5.56 Å². The summed E-state index contributed by atoms with van der Waals surface area (Å²) in [4.78, 5) is 27.7. The Labute approximate surface area is 181 Å². The Bertz CT molecular complexity index is 928. The summed E-state index contributed by atoms with van der Waals surface area (Å²) in [7, 11) is 1.55. The highest BCUT2D eigenvalue weighted by Crippen LogP contribution is 2.36. The fourth-order valence-electron chi connectivity index (χ4n) is 3.58. The number of carbonyl (C=O) groups is 2. The zero-order chi connectivity index (χ0) is 21.7. The largest absolute Gasteiger partial charge is 0.463 e. The molecular weight excluding hydrogens is 404 g/mol. The third-order valence-corrected chi connectivity index (χ3v) is 5.23. The Morgan fingerprint density at radius 2 is 1.77 bits per heavy atom. The van der Waals surface area contributed by atoms with Gasteiger partial charge in [0.05, 0.1) is 24.8 Å². The van der Waals surface area contributed by atoms with Crippen molar-refractivity contribution in [1.82, 2.24) is 10.2 Å². The number of methoxy groups -OCH3 is 1. The molecule has 0 amide bonds. The number of esters is 1. The Balaban J connectivity index is 2.06. The van der Waals surface area contributed by atoms with E-state index in [-0.39, 0.29) is 18.9 Å². The lowest BCUT2D eigenvalue weighted by Crippen LogP contribution is -2.55. The van der Waals surface area contributed by atoms with E-state index in [1.807, 2.05) is 35.2 Å². The Morgan fingerprint density at radius 3 is 2.37 bits per heavy atom. The molecule has 3 rings (SSSR count). The van der Waals surface area contributed by atoms with Crippen molar-refractivity contribution in [3.63, 3.8) is 0 Å². The van der Waals surface area contributed by atoms with E-state index < -0.39 is 18.4 Å². The summed E-state index contributed by atoms with van der Waals surface area (Å²) >= 11 is 6.08. The lowest BCUT2D eigenvalue weighted by molar-refractivity contribution is -0.141. The van der Waals surface area contributed by atoms with Gasteiger partial charge in [0.15, 0.2) is 12.1 Å². The minimum absolute atomic E-state index is 0.0407. The zero-order valence-corrected chi connectivity index (χ0v) is 18.0. The summed E-state index contributed by atoms with van der Waals surface area (Å²) < 4.78 is 10.9. The Kier molecular flexibility index (Phi) is 7.26. The minimum atomic E-state index is -0.600. The van der Waals surface area contributed by atoms with E-state index >= 15 is 0 Å². The fourth-order valence-corrected chi connectivity index (χ4v) is 3.70. The van der Waals surface area contributed by atoms with E-state index in [2.05, 4.69) is 5.32 Å². The van der Waals surface area contributed by atoms with E-state index in [9.17, 15) is 9.59 Å². The molecule has 0 radical (unpaired) electrons. The monoisotopic (exact) mass is 428 g/mol. The maximum atomic E-state index is 13.0. The van der Waals surface area contributed by atoms with E-state index in [0.29, 0.717) is 21.9 Å². The average molecular weight is 429 g/mol. The maximum Gasteiger partial charge on any atom is 0.337 e. The molecule has 1 aliphatic rings. The quantitative estimate of drug-likeness (QED) is 0.532.